The molecule has 0 radical (unpaired) electrons. The molecule has 2 aromatic heterocycles. The molecule has 1 aliphatic rings. The lowest BCUT2D eigenvalue weighted by Gasteiger charge is -2.28. The first-order chi connectivity index (χ1) is 16.9. The molecule has 1 atom stereocenters. The number of hydrogen-bond acceptors (Lipinski definition) is 8. The van der Waals surface area contributed by atoms with Crippen LogP contribution in [-0.2, 0) is 27.9 Å². The van der Waals surface area contributed by atoms with Gasteiger partial charge in [0.2, 0.25) is 5.95 Å². The Morgan fingerprint density at radius 2 is 1.86 bits per heavy atom. The molecule has 15 heteroatoms. The first-order valence-corrected chi connectivity index (χ1v) is 11.2. The number of hydrogen-bond donors (Lipinski definition) is 2. The summed E-state index contributed by atoms with van der Waals surface area (Å²) < 4.78 is 45.9. The lowest BCUT2D eigenvalue weighted by atomic mass is 10.3. The van der Waals surface area contributed by atoms with Crippen LogP contribution in [0.5, 0.6) is 0 Å². The van der Waals surface area contributed by atoms with E-state index in [4.69, 9.17) is 0 Å². The second-order valence-corrected chi connectivity index (χ2v) is 8.38. The van der Waals surface area contributed by atoms with Gasteiger partial charge >= 0.3 is 17.8 Å². The molecule has 0 saturated carbocycles. The lowest BCUT2D eigenvalue weighted by Crippen LogP contribution is -2.49. The predicted octanol–water partition coefficient (Wildman–Crippen LogP) is 0.0127. The van der Waals surface area contributed by atoms with Crippen molar-refractivity contribution in [2.75, 3.05) is 37.6 Å². The zero-order chi connectivity index (χ0) is 26.8. The van der Waals surface area contributed by atoms with Crippen LogP contribution >= 0.6 is 0 Å². The highest BCUT2D eigenvalue weighted by molar-refractivity contribution is 5.84. The number of carbonyl (C=O) groups excluding carboxylic acids is 2. The van der Waals surface area contributed by atoms with E-state index in [1.54, 1.807) is 0 Å². The molecule has 1 unspecified atom stereocenters. The van der Waals surface area contributed by atoms with E-state index in [1.807, 2.05) is 24.8 Å². The Kier molecular flexibility index (Phi) is 7.91. The van der Waals surface area contributed by atoms with Crippen LogP contribution in [0.3, 0.4) is 0 Å². The van der Waals surface area contributed by atoms with Gasteiger partial charge in [-0.15, -0.1) is 0 Å². The van der Waals surface area contributed by atoms with E-state index in [9.17, 15) is 32.3 Å². The average Bonchev–Trinajstić information content (AvgIpc) is 3.20. The fourth-order valence-electron chi connectivity index (χ4n) is 3.74. The van der Waals surface area contributed by atoms with Crippen molar-refractivity contribution in [3.63, 3.8) is 0 Å². The maximum atomic E-state index is 13.6. The quantitative estimate of drug-likeness (QED) is 0.390. The monoisotopic (exact) mass is 515 g/mol. The highest BCUT2D eigenvalue weighted by Crippen LogP contribution is 2.23. The molecule has 0 aliphatic carbocycles. The van der Waals surface area contributed by atoms with E-state index in [0.717, 1.165) is 10.1 Å². The van der Waals surface area contributed by atoms with E-state index >= 15 is 0 Å². The number of nitrogens with one attached hydrogen (secondary N) is 2. The van der Waals surface area contributed by atoms with Crippen LogP contribution in [0.2, 0.25) is 0 Å². The number of aromatic nitrogens is 4. The van der Waals surface area contributed by atoms with Crippen molar-refractivity contribution < 1.29 is 27.5 Å². The zero-order valence-electron chi connectivity index (χ0n) is 20.3. The number of likely N-dealkylation sites (N-methyl/N-ethyl adjacent to an activating group) is 1. The largest absolute Gasteiger partial charge is 0.491 e. The maximum absolute atomic E-state index is 13.6. The van der Waals surface area contributed by atoms with Gasteiger partial charge in [0.1, 0.15) is 0 Å². The van der Waals surface area contributed by atoms with E-state index in [2.05, 4.69) is 20.4 Å². The van der Waals surface area contributed by atoms with Gasteiger partial charge in [-0.25, -0.2) is 14.2 Å². The fraction of sp³-hybridized carbons (Fsp3) is 0.571. The normalized spacial score (nSPS) is 15.0. The van der Waals surface area contributed by atoms with Crippen molar-refractivity contribution in [2.45, 2.75) is 39.7 Å². The third-order valence-electron chi connectivity index (χ3n) is 5.50. The number of amides is 1. The minimum atomic E-state index is -5.45. The standard InChI is InChI=1S/C21H28F3N7O5/c1-5-26-15(32)17(36-18(34)21(22,23)24)31-16(33)13-14(28(4)20(31)35)27-19(29-10-7-25-8-11-29)30(13)9-6-12(2)3/h6,17,25H,5,7-11H2,1-4H3,(H,26,32). The summed E-state index contributed by atoms with van der Waals surface area (Å²) >= 11 is 0. The second kappa shape index (κ2) is 10.6. The van der Waals surface area contributed by atoms with Crippen LogP contribution in [0.25, 0.3) is 11.2 Å². The molecule has 2 N–H and O–H groups in total. The number of aryl methyl sites for hydroxylation is 1. The number of imidazole rings is 1. The molecular formula is C21H28F3N7O5. The van der Waals surface area contributed by atoms with Gasteiger partial charge in [0, 0.05) is 46.3 Å². The summed E-state index contributed by atoms with van der Waals surface area (Å²) in [4.78, 5) is 57.4. The van der Waals surface area contributed by atoms with E-state index in [-0.39, 0.29) is 28.8 Å². The molecule has 36 heavy (non-hydrogen) atoms. The van der Waals surface area contributed by atoms with Gasteiger partial charge in [0.25, 0.3) is 17.7 Å². The molecule has 0 aromatic carbocycles. The van der Waals surface area contributed by atoms with Crippen molar-refractivity contribution in [1.29, 1.82) is 0 Å². The molecule has 1 amide bonds. The SMILES string of the molecule is CCNC(=O)C(OC(=O)C(F)(F)F)n1c(=O)c2c(nc(N3CCNCC3)n2CC=C(C)C)n(C)c1=O. The molecular weight excluding hydrogens is 487 g/mol. The number of ether oxygens (including phenoxy) is 1. The topological polar surface area (TPSA) is 132 Å². The number of alkyl halides is 3. The van der Waals surface area contributed by atoms with Crippen molar-refractivity contribution in [3.8, 4) is 0 Å². The third-order valence-corrected chi connectivity index (χ3v) is 5.50. The van der Waals surface area contributed by atoms with Gasteiger partial charge in [-0.05, 0) is 20.8 Å². The number of esters is 1. The molecule has 1 aliphatic heterocycles. The Bertz CT molecular complexity index is 1300. The summed E-state index contributed by atoms with van der Waals surface area (Å²) in [5.41, 5.74) is -1.50. The molecule has 2 aromatic rings. The number of rotatable bonds is 7. The molecule has 0 spiro atoms. The van der Waals surface area contributed by atoms with Crippen LogP contribution in [0.15, 0.2) is 21.2 Å². The van der Waals surface area contributed by atoms with Crippen LogP contribution in [-0.4, -0.2) is 69.5 Å². The summed E-state index contributed by atoms with van der Waals surface area (Å²) in [7, 11) is 1.26. The van der Waals surface area contributed by atoms with E-state index in [1.165, 1.54) is 18.5 Å². The Labute approximate surface area is 203 Å². The van der Waals surface area contributed by atoms with Crippen molar-refractivity contribution >= 4 is 29.0 Å². The summed E-state index contributed by atoms with van der Waals surface area (Å²) in [6.45, 7) is 7.71. The molecule has 3 rings (SSSR count). The Hall–Kier alpha value is -3.62. The summed E-state index contributed by atoms with van der Waals surface area (Å²) in [5, 5.41) is 5.40. The Morgan fingerprint density at radius 1 is 1.22 bits per heavy atom. The number of halogens is 3. The van der Waals surface area contributed by atoms with Gasteiger partial charge in [-0.1, -0.05) is 11.6 Å². The van der Waals surface area contributed by atoms with Crippen molar-refractivity contribution in [3.05, 3.63) is 32.5 Å². The summed E-state index contributed by atoms with van der Waals surface area (Å²) in [6, 6.07) is 0. The minimum absolute atomic E-state index is 0.0197. The molecule has 12 nitrogen and oxygen atoms in total. The van der Waals surface area contributed by atoms with Crippen LogP contribution in [0, 0.1) is 0 Å². The number of fused-ring (bicyclic) bond motifs is 1. The van der Waals surface area contributed by atoms with Crippen molar-refractivity contribution in [2.24, 2.45) is 7.05 Å². The van der Waals surface area contributed by atoms with E-state index in [0.29, 0.717) is 32.1 Å². The summed E-state index contributed by atoms with van der Waals surface area (Å²) in [6.07, 6.45) is -6.12. The summed E-state index contributed by atoms with van der Waals surface area (Å²) in [5.74, 6) is -3.59. The van der Waals surface area contributed by atoms with Gasteiger partial charge < -0.3 is 24.8 Å². The number of piperazine rings is 1. The van der Waals surface area contributed by atoms with Gasteiger partial charge in [0.15, 0.2) is 11.2 Å². The molecule has 0 bridgehead atoms. The van der Waals surface area contributed by atoms with Gasteiger partial charge in [-0.3, -0.25) is 14.2 Å². The molecule has 198 valence electrons. The maximum Gasteiger partial charge on any atom is 0.491 e. The average molecular weight is 515 g/mol. The first-order valence-electron chi connectivity index (χ1n) is 11.2. The van der Waals surface area contributed by atoms with Crippen LogP contribution < -0.4 is 26.8 Å². The highest BCUT2D eigenvalue weighted by atomic mass is 19.4. The van der Waals surface area contributed by atoms with Crippen molar-refractivity contribution in [1.82, 2.24) is 29.3 Å². The lowest BCUT2D eigenvalue weighted by molar-refractivity contribution is -0.209. The number of carbonyl (C=O) groups is 2. The van der Waals surface area contributed by atoms with E-state index < -0.39 is 35.5 Å². The number of anilines is 1. The van der Waals surface area contributed by atoms with Crippen LogP contribution in [0.1, 0.15) is 27.0 Å². The Morgan fingerprint density at radius 3 is 2.42 bits per heavy atom. The number of nitrogens with zero attached hydrogens (tertiary/aromatic N) is 5. The predicted molar refractivity (Wildman–Crippen MR) is 124 cm³/mol. The first kappa shape index (κ1) is 27.0. The fourth-order valence-corrected chi connectivity index (χ4v) is 3.74. The zero-order valence-corrected chi connectivity index (χ0v) is 20.3. The smallest absolute Gasteiger partial charge is 0.424 e. The third kappa shape index (κ3) is 5.29. The molecule has 1 saturated heterocycles. The minimum Gasteiger partial charge on any atom is -0.424 e. The van der Waals surface area contributed by atoms with Crippen LogP contribution in [0.4, 0.5) is 19.1 Å². The van der Waals surface area contributed by atoms with Gasteiger partial charge in [0.05, 0.1) is 0 Å². The number of allylic oxidation sites excluding steroid dienone is 2. The van der Waals surface area contributed by atoms with Gasteiger partial charge in [-0.2, -0.15) is 18.2 Å². The highest BCUT2D eigenvalue weighted by Gasteiger charge is 2.44. The Balaban J connectivity index is 2.32. The molecule has 3 heterocycles. The molecule has 1 fully saturated rings. The second-order valence-electron chi connectivity index (χ2n) is 8.38.